The van der Waals surface area contributed by atoms with Gasteiger partial charge in [-0.1, -0.05) is 0 Å². The molecule has 1 fully saturated rings. The third kappa shape index (κ3) is 3.11. The molecular formula is C17H23FN2S. The fourth-order valence-corrected chi connectivity index (χ4v) is 3.32. The second-order valence-corrected chi connectivity index (χ2v) is 7.13. The van der Waals surface area contributed by atoms with Gasteiger partial charge in [-0.05, 0) is 63.2 Å². The number of thioether (sulfide) groups is 1. The van der Waals surface area contributed by atoms with Crippen molar-refractivity contribution < 1.29 is 4.39 Å². The lowest BCUT2D eigenvalue weighted by Gasteiger charge is -2.09. The molecule has 1 saturated carbocycles. The summed E-state index contributed by atoms with van der Waals surface area (Å²) in [4.78, 5) is 2.90. The lowest BCUT2D eigenvalue weighted by atomic mass is 10.1. The van der Waals surface area contributed by atoms with Crippen LogP contribution in [0.3, 0.4) is 0 Å². The lowest BCUT2D eigenvalue weighted by molar-refractivity contribution is 0.414. The van der Waals surface area contributed by atoms with E-state index in [0.717, 1.165) is 46.8 Å². The molecule has 0 aliphatic heterocycles. The molecule has 0 amide bonds. The summed E-state index contributed by atoms with van der Waals surface area (Å²) in [6.45, 7) is 1.99. The van der Waals surface area contributed by atoms with Gasteiger partial charge in [0.1, 0.15) is 5.82 Å². The Labute approximate surface area is 130 Å². The molecule has 0 bridgehead atoms. The van der Waals surface area contributed by atoms with Gasteiger partial charge in [-0.3, -0.25) is 0 Å². The number of benzene rings is 1. The molecule has 0 N–H and O–H groups in total. The van der Waals surface area contributed by atoms with E-state index in [1.54, 1.807) is 0 Å². The number of aromatic nitrogens is 1. The van der Waals surface area contributed by atoms with Crippen LogP contribution in [0.4, 0.5) is 4.39 Å². The first kappa shape index (κ1) is 14.9. The Morgan fingerprint density at radius 2 is 2.10 bits per heavy atom. The van der Waals surface area contributed by atoms with Gasteiger partial charge in [-0.25, -0.2) is 4.39 Å². The molecule has 0 atom stereocenters. The minimum Gasteiger partial charge on any atom is -0.347 e. The Balaban J connectivity index is 2.05. The van der Waals surface area contributed by atoms with E-state index in [1.807, 2.05) is 12.3 Å². The van der Waals surface area contributed by atoms with Gasteiger partial charge in [0.15, 0.2) is 0 Å². The van der Waals surface area contributed by atoms with Crippen molar-refractivity contribution >= 4 is 22.7 Å². The van der Waals surface area contributed by atoms with Crippen molar-refractivity contribution in [1.29, 1.82) is 0 Å². The summed E-state index contributed by atoms with van der Waals surface area (Å²) in [5, 5.41) is 0.837. The molecule has 1 aliphatic carbocycles. The van der Waals surface area contributed by atoms with Crippen LogP contribution < -0.4 is 0 Å². The molecule has 1 aromatic heterocycles. The molecule has 1 aliphatic rings. The van der Waals surface area contributed by atoms with E-state index in [1.165, 1.54) is 24.6 Å². The first-order chi connectivity index (χ1) is 10.1. The van der Waals surface area contributed by atoms with E-state index in [4.69, 9.17) is 0 Å². The largest absolute Gasteiger partial charge is 0.347 e. The van der Waals surface area contributed by atoms with E-state index in [0.29, 0.717) is 0 Å². The molecular weight excluding hydrogens is 283 g/mol. The van der Waals surface area contributed by atoms with E-state index in [2.05, 4.69) is 35.8 Å². The first-order valence-electron chi connectivity index (χ1n) is 7.59. The van der Waals surface area contributed by atoms with Crippen molar-refractivity contribution in [2.24, 2.45) is 5.92 Å². The number of halogens is 1. The fraction of sp³-hybridized carbons (Fsp3) is 0.529. The lowest BCUT2D eigenvalue weighted by Crippen LogP contribution is -2.15. The van der Waals surface area contributed by atoms with Crippen molar-refractivity contribution in [2.45, 2.75) is 30.7 Å². The number of rotatable bonds is 6. The zero-order chi connectivity index (χ0) is 15.0. The Morgan fingerprint density at radius 1 is 1.33 bits per heavy atom. The normalized spacial score (nSPS) is 15.3. The quantitative estimate of drug-likeness (QED) is 0.745. The Morgan fingerprint density at radius 3 is 2.71 bits per heavy atom. The molecule has 1 heterocycles. The van der Waals surface area contributed by atoms with Crippen molar-refractivity contribution in [3.05, 3.63) is 29.7 Å². The fourth-order valence-electron chi connectivity index (χ4n) is 2.83. The first-order valence-corrected chi connectivity index (χ1v) is 8.81. The Hall–Kier alpha value is -1.00. The molecule has 2 nitrogen and oxygen atoms in total. The number of hydrogen-bond donors (Lipinski definition) is 0. The SMILES string of the molecule is CSc1ccc2c(c(CCN(C)C)cn2CC2CC2)c1F. The van der Waals surface area contributed by atoms with Crippen LogP contribution in [0.15, 0.2) is 23.2 Å². The molecule has 2 aromatic rings. The number of fused-ring (bicyclic) bond motifs is 1. The van der Waals surface area contributed by atoms with Crippen LogP contribution in [0.1, 0.15) is 18.4 Å². The molecule has 21 heavy (non-hydrogen) atoms. The maximum absolute atomic E-state index is 14.8. The van der Waals surface area contributed by atoms with Crippen LogP contribution >= 0.6 is 11.8 Å². The molecule has 0 unspecified atom stereocenters. The zero-order valence-electron chi connectivity index (χ0n) is 13.0. The van der Waals surface area contributed by atoms with Crippen molar-refractivity contribution in [3.63, 3.8) is 0 Å². The van der Waals surface area contributed by atoms with Crippen LogP contribution in [0.2, 0.25) is 0 Å². The number of nitrogens with zero attached hydrogens (tertiary/aromatic N) is 2. The Bertz CT molecular complexity index is 644. The summed E-state index contributed by atoms with van der Waals surface area (Å²) in [7, 11) is 4.13. The standard InChI is InChI=1S/C17H23FN2S/c1-19(2)9-8-13-11-20(10-12-4-5-12)14-6-7-15(21-3)17(18)16(13)14/h6-7,11-12H,4-5,8-10H2,1-3H3. The van der Waals surface area contributed by atoms with Crippen molar-refractivity contribution in [3.8, 4) is 0 Å². The van der Waals surface area contributed by atoms with Gasteiger partial charge >= 0.3 is 0 Å². The molecule has 0 spiro atoms. The van der Waals surface area contributed by atoms with Gasteiger partial charge in [-0.15, -0.1) is 11.8 Å². The van der Waals surface area contributed by atoms with E-state index in [-0.39, 0.29) is 5.82 Å². The van der Waals surface area contributed by atoms with E-state index < -0.39 is 0 Å². The second kappa shape index (κ2) is 6.01. The molecule has 114 valence electrons. The predicted molar refractivity (Wildman–Crippen MR) is 88.7 cm³/mol. The number of hydrogen-bond acceptors (Lipinski definition) is 2. The van der Waals surface area contributed by atoms with E-state index in [9.17, 15) is 4.39 Å². The highest BCUT2D eigenvalue weighted by Gasteiger charge is 2.24. The summed E-state index contributed by atoms with van der Waals surface area (Å²) in [5.41, 5.74) is 2.21. The van der Waals surface area contributed by atoms with Crippen LogP contribution in [0, 0.1) is 11.7 Å². The average Bonchev–Trinajstić information content (AvgIpc) is 3.19. The Kier molecular flexibility index (Phi) is 4.27. The maximum atomic E-state index is 14.8. The maximum Gasteiger partial charge on any atom is 0.146 e. The van der Waals surface area contributed by atoms with Gasteiger partial charge < -0.3 is 9.47 Å². The van der Waals surface area contributed by atoms with Gasteiger partial charge in [0.2, 0.25) is 0 Å². The highest BCUT2D eigenvalue weighted by atomic mass is 32.2. The summed E-state index contributed by atoms with van der Waals surface area (Å²) in [6.07, 6.45) is 7.65. The molecule has 3 rings (SSSR count). The monoisotopic (exact) mass is 306 g/mol. The van der Waals surface area contributed by atoms with Crippen LogP contribution in [0.25, 0.3) is 10.9 Å². The van der Waals surface area contributed by atoms with Crippen molar-refractivity contribution in [2.75, 3.05) is 26.9 Å². The third-order valence-corrected chi connectivity index (χ3v) is 4.98. The number of likely N-dealkylation sites (N-methyl/N-ethyl adjacent to an activating group) is 1. The summed E-state index contributed by atoms with van der Waals surface area (Å²) >= 11 is 1.48. The van der Waals surface area contributed by atoms with Crippen LogP contribution in [0.5, 0.6) is 0 Å². The zero-order valence-corrected chi connectivity index (χ0v) is 13.8. The van der Waals surface area contributed by atoms with Gasteiger partial charge in [0.25, 0.3) is 0 Å². The topological polar surface area (TPSA) is 8.17 Å². The summed E-state index contributed by atoms with van der Waals surface area (Å²) < 4.78 is 17.0. The average molecular weight is 306 g/mol. The molecule has 0 radical (unpaired) electrons. The highest BCUT2D eigenvalue weighted by molar-refractivity contribution is 7.98. The third-order valence-electron chi connectivity index (χ3n) is 4.23. The summed E-state index contributed by atoms with van der Waals surface area (Å²) in [5.74, 6) is 0.758. The van der Waals surface area contributed by atoms with Gasteiger partial charge in [0, 0.05) is 29.6 Å². The van der Waals surface area contributed by atoms with Gasteiger partial charge in [-0.2, -0.15) is 0 Å². The minimum absolute atomic E-state index is 0.0386. The van der Waals surface area contributed by atoms with Crippen LogP contribution in [-0.4, -0.2) is 36.4 Å². The predicted octanol–water partition coefficient (Wildman–Crippen LogP) is 4.02. The summed E-state index contributed by atoms with van der Waals surface area (Å²) in [6, 6.07) is 4.01. The molecule has 0 saturated heterocycles. The van der Waals surface area contributed by atoms with Crippen molar-refractivity contribution in [1.82, 2.24) is 9.47 Å². The van der Waals surface area contributed by atoms with E-state index >= 15 is 0 Å². The smallest absolute Gasteiger partial charge is 0.146 e. The second-order valence-electron chi connectivity index (χ2n) is 6.28. The highest BCUT2D eigenvalue weighted by Crippen LogP contribution is 2.35. The van der Waals surface area contributed by atoms with Crippen LogP contribution in [-0.2, 0) is 13.0 Å². The molecule has 1 aromatic carbocycles. The molecule has 4 heteroatoms. The van der Waals surface area contributed by atoms with Gasteiger partial charge in [0.05, 0.1) is 5.52 Å². The minimum atomic E-state index is -0.0386.